The molecule has 3 aromatic rings. The second kappa shape index (κ2) is 8.56. The van der Waals surface area contributed by atoms with Crippen molar-refractivity contribution in [3.8, 4) is 11.5 Å². The molecule has 7 nitrogen and oxygen atoms in total. The molecule has 1 saturated heterocycles. The molecule has 1 aliphatic heterocycles. The zero-order valence-electron chi connectivity index (χ0n) is 19.6. The number of amides is 1. The van der Waals surface area contributed by atoms with Crippen LogP contribution in [0, 0.1) is 0 Å². The number of Topliss-reactive ketones (excluding diaryl/α,β-unsaturated/α-hetero) is 1. The van der Waals surface area contributed by atoms with E-state index in [0.29, 0.717) is 17.1 Å². The average Bonchev–Trinajstić information content (AvgIpc) is 3.56. The molecule has 0 bridgehead atoms. The first-order valence-electron chi connectivity index (χ1n) is 11.5. The highest BCUT2D eigenvalue weighted by molar-refractivity contribution is 6.47. The minimum Gasteiger partial charge on any atom is -0.507 e. The van der Waals surface area contributed by atoms with Gasteiger partial charge in [0.15, 0.2) is 0 Å². The van der Waals surface area contributed by atoms with Crippen LogP contribution >= 0.6 is 0 Å². The van der Waals surface area contributed by atoms with Crippen molar-refractivity contribution in [1.29, 1.82) is 0 Å². The van der Waals surface area contributed by atoms with Gasteiger partial charge in [-0.05, 0) is 37.1 Å². The second-order valence-corrected chi connectivity index (χ2v) is 8.92. The SMILES string of the molecule is COc1ccc(OC)c(/C(O)=C2\C(=O)C(=O)N(C3CCCC3)C2c2cn(C)c3ccccc23)c1. The number of benzene rings is 2. The Morgan fingerprint density at radius 3 is 2.47 bits per heavy atom. The number of aryl methyl sites for hydroxylation is 1. The van der Waals surface area contributed by atoms with E-state index in [1.54, 1.807) is 23.1 Å². The highest BCUT2D eigenvalue weighted by atomic mass is 16.5. The quantitative estimate of drug-likeness (QED) is 0.343. The molecule has 7 heteroatoms. The fraction of sp³-hybridized carbons (Fsp3) is 0.333. The number of rotatable bonds is 5. The number of carbonyl (C=O) groups is 2. The third-order valence-electron chi connectivity index (χ3n) is 7.08. The van der Waals surface area contributed by atoms with Crippen molar-refractivity contribution in [2.24, 2.45) is 7.05 Å². The molecule has 2 fully saturated rings. The summed E-state index contributed by atoms with van der Waals surface area (Å²) in [6.07, 6.45) is 5.67. The first kappa shape index (κ1) is 22.1. The number of carbonyl (C=O) groups excluding carboxylic acids is 2. The standard InChI is InChI=1S/C27H28N2O5/c1-28-15-20(18-10-6-7-11-21(18)28)24-23(26(31)27(32)29(24)16-8-4-5-9-16)25(30)19-14-17(33-2)12-13-22(19)34-3/h6-7,10-16,24,30H,4-5,8-9H2,1-3H3/b25-23+. The summed E-state index contributed by atoms with van der Waals surface area (Å²) in [5.74, 6) is -0.593. The molecule has 1 unspecified atom stereocenters. The molecule has 176 valence electrons. The summed E-state index contributed by atoms with van der Waals surface area (Å²) < 4.78 is 12.8. The average molecular weight is 461 g/mol. The van der Waals surface area contributed by atoms with Gasteiger partial charge >= 0.3 is 0 Å². The van der Waals surface area contributed by atoms with Gasteiger partial charge in [-0.15, -0.1) is 0 Å². The van der Waals surface area contributed by atoms with E-state index in [1.165, 1.54) is 14.2 Å². The molecule has 1 saturated carbocycles. The maximum absolute atomic E-state index is 13.5. The van der Waals surface area contributed by atoms with Crippen molar-refractivity contribution in [2.45, 2.75) is 37.8 Å². The maximum Gasteiger partial charge on any atom is 0.295 e. The summed E-state index contributed by atoms with van der Waals surface area (Å²) in [6.45, 7) is 0. The lowest BCUT2D eigenvalue weighted by Gasteiger charge is -2.30. The minimum absolute atomic E-state index is 0.0436. The van der Waals surface area contributed by atoms with Crippen LogP contribution in [0.25, 0.3) is 16.7 Å². The summed E-state index contributed by atoms with van der Waals surface area (Å²) >= 11 is 0. The maximum atomic E-state index is 13.5. The van der Waals surface area contributed by atoms with Gasteiger partial charge in [0.1, 0.15) is 17.3 Å². The van der Waals surface area contributed by atoms with Crippen molar-refractivity contribution < 1.29 is 24.2 Å². The Labute approximate surface area is 198 Å². The molecule has 1 atom stereocenters. The topological polar surface area (TPSA) is 81.0 Å². The number of hydrogen-bond acceptors (Lipinski definition) is 5. The summed E-state index contributed by atoms with van der Waals surface area (Å²) in [6, 6.07) is 12.2. The monoisotopic (exact) mass is 460 g/mol. The third kappa shape index (κ3) is 3.34. The Kier molecular flexibility index (Phi) is 5.55. The molecule has 1 N–H and O–H groups in total. The van der Waals surface area contributed by atoms with Crippen LogP contribution in [0.4, 0.5) is 0 Å². The van der Waals surface area contributed by atoms with E-state index < -0.39 is 17.7 Å². The molecule has 34 heavy (non-hydrogen) atoms. The van der Waals surface area contributed by atoms with Crippen molar-refractivity contribution in [2.75, 3.05) is 14.2 Å². The first-order valence-corrected chi connectivity index (χ1v) is 11.5. The van der Waals surface area contributed by atoms with Gasteiger partial charge in [0.05, 0.1) is 31.4 Å². The number of ether oxygens (including phenoxy) is 2. The number of hydrogen-bond donors (Lipinski definition) is 1. The summed E-state index contributed by atoms with van der Waals surface area (Å²) in [5, 5.41) is 12.5. The fourth-order valence-corrected chi connectivity index (χ4v) is 5.45. The van der Waals surface area contributed by atoms with Crippen molar-refractivity contribution in [1.82, 2.24) is 9.47 Å². The zero-order valence-corrected chi connectivity index (χ0v) is 19.6. The van der Waals surface area contributed by atoms with Crippen molar-refractivity contribution in [3.63, 3.8) is 0 Å². The minimum atomic E-state index is -0.690. The van der Waals surface area contributed by atoms with Crippen LogP contribution in [-0.2, 0) is 16.6 Å². The number of aromatic nitrogens is 1. The lowest BCUT2D eigenvalue weighted by atomic mass is 9.94. The van der Waals surface area contributed by atoms with Crippen molar-refractivity contribution in [3.05, 3.63) is 65.4 Å². The van der Waals surface area contributed by atoms with E-state index >= 15 is 0 Å². The first-order chi connectivity index (χ1) is 16.5. The smallest absolute Gasteiger partial charge is 0.295 e. The van der Waals surface area contributed by atoms with Crippen LogP contribution in [0.15, 0.2) is 54.2 Å². The van der Waals surface area contributed by atoms with Gasteiger partial charge in [-0.3, -0.25) is 9.59 Å². The number of fused-ring (bicyclic) bond motifs is 1. The number of ketones is 1. The lowest BCUT2D eigenvalue weighted by molar-refractivity contribution is -0.141. The van der Waals surface area contributed by atoms with Gasteiger partial charge in [-0.25, -0.2) is 0 Å². The molecule has 5 rings (SSSR count). The predicted molar refractivity (Wildman–Crippen MR) is 129 cm³/mol. The molecular formula is C27H28N2O5. The molecule has 1 aromatic heterocycles. The molecule has 2 heterocycles. The molecule has 2 aliphatic rings. The summed E-state index contributed by atoms with van der Waals surface area (Å²) in [5.41, 5.74) is 2.22. The van der Waals surface area contributed by atoms with Crippen LogP contribution in [0.3, 0.4) is 0 Å². The largest absolute Gasteiger partial charge is 0.507 e. The Bertz CT molecular complexity index is 1320. The number of aliphatic hydroxyl groups is 1. The molecule has 2 aromatic carbocycles. The van der Waals surface area contributed by atoms with E-state index in [1.807, 2.05) is 42.1 Å². The highest BCUT2D eigenvalue weighted by Gasteiger charge is 2.50. The third-order valence-corrected chi connectivity index (χ3v) is 7.08. The predicted octanol–water partition coefficient (Wildman–Crippen LogP) is 4.56. The van der Waals surface area contributed by atoms with Crippen LogP contribution in [-0.4, -0.2) is 46.5 Å². The van der Waals surface area contributed by atoms with Crippen LogP contribution in [0.5, 0.6) is 11.5 Å². The Hall–Kier alpha value is -3.74. The fourth-order valence-electron chi connectivity index (χ4n) is 5.45. The van der Waals surface area contributed by atoms with Crippen LogP contribution < -0.4 is 9.47 Å². The van der Waals surface area contributed by atoms with Gasteiger partial charge in [0.2, 0.25) is 0 Å². The van der Waals surface area contributed by atoms with Crippen molar-refractivity contribution >= 4 is 28.4 Å². The van der Waals surface area contributed by atoms with Gasteiger partial charge in [0, 0.05) is 35.8 Å². The molecule has 1 aliphatic carbocycles. The lowest BCUT2D eigenvalue weighted by Crippen LogP contribution is -2.37. The van der Waals surface area contributed by atoms with E-state index in [9.17, 15) is 14.7 Å². The number of aliphatic hydroxyl groups excluding tert-OH is 1. The van der Waals surface area contributed by atoms with E-state index in [-0.39, 0.29) is 17.4 Å². The van der Waals surface area contributed by atoms with E-state index in [2.05, 4.69) is 0 Å². The van der Waals surface area contributed by atoms with Gasteiger partial charge in [0.25, 0.3) is 11.7 Å². The van der Waals surface area contributed by atoms with Gasteiger partial charge in [-0.2, -0.15) is 0 Å². The molecule has 1 amide bonds. The van der Waals surface area contributed by atoms with Crippen LogP contribution in [0.2, 0.25) is 0 Å². The Morgan fingerprint density at radius 2 is 1.76 bits per heavy atom. The number of para-hydroxylation sites is 1. The van der Waals surface area contributed by atoms with Gasteiger partial charge < -0.3 is 24.0 Å². The summed E-state index contributed by atoms with van der Waals surface area (Å²) in [4.78, 5) is 28.6. The zero-order chi connectivity index (χ0) is 24.0. The number of methoxy groups -OCH3 is 2. The highest BCUT2D eigenvalue weighted by Crippen LogP contribution is 2.46. The van der Waals surface area contributed by atoms with E-state index in [4.69, 9.17) is 9.47 Å². The van der Waals surface area contributed by atoms with Crippen LogP contribution in [0.1, 0.15) is 42.9 Å². The van der Waals surface area contributed by atoms with E-state index in [0.717, 1.165) is 42.1 Å². The molecular weight excluding hydrogens is 432 g/mol. The summed E-state index contributed by atoms with van der Waals surface area (Å²) in [7, 11) is 4.97. The molecule has 0 radical (unpaired) electrons. The van der Waals surface area contributed by atoms with Gasteiger partial charge in [-0.1, -0.05) is 31.0 Å². The molecule has 0 spiro atoms. The number of likely N-dealkylation sites (tertiary alicyclic amines) is 1. The second-order valence-electron chi connectivity index (χ2n) is 8.92. The normalized spacial score (nSPS) is 20.4. The number of nitrogens with zero attached hydrogens (tertiary/aromatic N) is 2. The Balaban J connectivity index is 1.78. The Morgan fingerprint density at radius 1 is 1.03 bits per heavy atom.